The van der Waals surface area contributed by atoms with Crippen LogP contribution in [0.2, 0.25) is 0 Å². The lowest BCUT2D eigenvalue weighted by Crippen LogP contribution is -2.42. The van der Waals surface area contributed by atoms with Gasteiger partial charge in [-0.1, -0.05) is 0 Å². The first-order valence-electron chi connectivity index (χ1n) is 6.47. The number of hydrogen-bond donors (Lipinski definition) is 2. The van der Waals surface area contributed by atoms with E-state index >= 15 is 0 Å². The summed E-state index contributed by atoms with van der Waals surface area (Å²) in [6, 6.07) is 4.10. The highest BCUT2D eigenvalue weighted by atomic mass is 16.7. The maximum Gasteiger partial charge on any atom is 0.350 e. The van der Waals surface area contributed by atoms with Crippen molar-refractivity contribution in [2.24, 2.45) is 0 Å². The minimum atomic E-state index is -1.31. The van der Waals surface area contributed by atoms with Crippen molar-refractivity contribution in [2.75, 3.05) is 5.32 Å². The number of esters is 2. The predicted octanol–water partition coefficient (Wildman–Crippen LogP) is 1.73. The summed E-state index contributed by atoms with van der Waals surface area (Å²) in [7, 11) is 0. The third kappa shape index (κ3) is 3.25. The number of benzene rings is 1. The van der Waals surface area contributed by atoms with Gasteiger partial charge < -0.3 is 19.9 Å². The molecule has 1 aliphatic heterocycles. The van der Waals surface area contributed by atoms with Gasteiger partial charge in [-0.05, 0) is 25.1 Å². The van der Waals surface area contributed by atoms with E-state index in [-0.39, 0.29) is 22.7 Å². The Hall–Kier alpha value is -2.83. The minimum absolute atomic E-state index is 0.0679. The number of nitrogens with one attached hydrogen (secondary N) is 1. The zero-order valence-electron chi connectivity index (χ0n) is 12.3. The Balaban J connectivity index is 2.27. The van der Waals surface area contributed by atoms with Crippen molar-refractivity contribution in [2.45, 2.75) is 26.6 Å². The summed E-state index contributed by atoms with van der Waals surface area (Å²) in [6.07, 6.45) is 1.11. The van der Waals surface area contributed by atoms with Crippen LogP contribution in [0.4, 0.5) is 5.69 Å². The summed E-state index contributed by atoms with van der Waals surface area (Å²) in [5, 5.41) is 12.1. The monoisotopic (exact) mass is 305 g/mol. The maximum atomic E-state index is 11.8. The Morgan fingerprint density at radius 2 is 1.82 bits per heavy atom. The van der Waals surface area contributed by atoms with Gasteiger partial charge in [0.25, 0.3) is 5.79 Å². The first-order valence-corrected chi connectivity index (χ1v) is 6.47. The molecule has 7 nitrogen and oxygen atoms in total. The van der Waals surface area contributed by atoms with Crippen molar-refractivity contribution in [3.8, 4) is 5.75 Å². The van der Waals surface area contributed by atoms with E-state index in [0.29, 0.717) is 5.69 Å². The summed E-state index contributed by atoms with van der Waals surface area (Å²) < 4.78 is 9.89. The topological polar surface area (TPSA) is 102 Å². The molecule has 1 heterocycles. The largest absolute Gasteiger partial charge is 0.508 e. The third-order valence-corrected chi connectivity index (χ3v) is 2.87. The lowest BCUT2D eigenvalue weighted by molar-refractivity contribution is -0.222. The number of Topliss-reactive ketones (excluding diaryl/α,β-unsaturated/α-hetero) is 1. The van der Waals surface area contributed by atoms with E-state index in [0.717, 1.165) is 6.20 Å². The Bertz CT molecular complexity index is 667. The molecule has 0 bridgehead atoms. The molecule has 22 heavy (non-hydrogen) atoms. The fourth-order valence-corrected chi connectivity index (χ4v) is 1.88. The average Bonchev–Trinajstić information content (AvgIpc) is 2.37. The molecule has 2 rings (SSSR count). The molecule has 0 aromatic heterocycles. The van der Waals surface area contributed by atoms with Crippen molar-refractivity contribution in [3.63, 3.8) is 0 Å². The Morgan fingerprint density at radius 3 is 2.36 bits per heavy atom. The fourth-order valence-electron chi connectivity index (χ4n) is 1.88. The molecule has 2 N–H and O–H groups in total. The van der Waals surface area contributed by atoms with Crippen molar-refractivity contribution >= 4 is 23.4 Å². The zero-order valence-corrected chi connectivity index (χ0v) is 12.3. The number of carbonyl (C=O) groups excluding carboxylic acids is 3. The van der Waals surface area contributed by atoms with Crippen molar-refractivity contribution in [1.29, 1.82) is 0 Å². The third-order valence-electron chi connectivity index (χ3n) is 2.87. The normalized spacial score (nSPS) is 16.6. The summed E-state index contributed by atoms with van der Waals surface area (Å²) in [4.78, 5) is 35.1. The van der Waals surface area contributed by atoms with Crippen LogP contribution in [-0.4, -0.2) is 28.6 Å². The number of aromatic hydroxyl groups is 1. The van der Waals surface area contributed by atoms with Gasteiger partial charge in [0.1, 0.15) is 5.75 Å². The first kappa shape index (κ1) is 15.6. The van der Waals surface area contributed by atoms with Crippen LogP contribution >= 0.6 is 0 Å². The van der Waals surface area contributed by atoms with Gasteiger partial charge in [0.05, 0.1) is 0 Å². The highest BCUT2D eigenvalue weighted by Crippen LogP contribution is 2.25. The van der Waals surface area contributed by atoms with Crippen LogP contribution in [-0.2, 0) is 19.1 Å². The summed E-state index contributed by atoms with van der Waals surface area (Å²) in [5.41, 5.74) is 0.236. The average molecular weight is 305 g/mol. The second kappa shape index (κ2) is 5.51. The van der Waals surface area contributed by atoms with E-state index in [2.05, 4.69) is 5.32 Å². The van der Waals surface area contributed by atoms with Crippen molar-refractivity contribution < 1.29 is 29.0 Å². The highest BCUT2D eigenvalue weighted by Gasteiger charge is 2.38. The van der Waals surface area contributed by atoms with Gasteiger partial charge >= 0.3 is 11.9 Å². The second-order valence-electron chi connectivity index (χ2n) is 5.17. The van der Waals surface area contributed by atoms with Crippen LogP contribution < -0.4 is 5.32 Å². The molecule has 1 aromatic carbocycles. The molecule has 7 heteroatoms. The van der Waals surface area contributed by atoms with Gasteiger partial charge in [-0.15, -0.1) is 0 Å². The Kier molecular flexibility index (Phi) is 3.90. The van der Waals surface area contributed by atoms with Crippen LogP contribution in [0.5, 0.6) is 5.75 Å². The molecular weight excluding hydrogens is 290 g/mol. The summed E-state index contributed by atoms with van der Waals surface area (Å²) >= 11 is 0. The minimum Gasteiger partial charge on any atom is -0.508 e. The predicted molar refractivity (Wildman–Crippen MR) is 76.1 cm³/mol. The van der Waals surface area contributed by atoms with Gasteiger partial charge in [0.15, 0.2) is 11.4 Å². The van der Waals surface area contributed by atoms with E-state index in [1.165, 1.54) is 39.0 Å². The molecule has 0 spiro atoms. The number of ether oxygens (including phenoxy) is 2. The van der Waals surface area contributed by atoms with Crippen LogP contribution in [0.3, 0.4) is 0 Å². The van der Waals surface area contributed by atoms with Crippen molar-refractivity contribution in [1.82, 2.24) is 0 Å². The lowest BCUT2D eigenvalue weighted by Gasteiger charge is -2.29. The Labute approximate surface area is 126 Å². The number of phenols is 1. The molecule has 1 aliphatic rings. The van der Waals surface area contributed by atoms with Crippen LogP contribution in [0.15, 0.2) is 30.0 Å². The Morgan fingerprint density at radius 1 is 1.23 bits per heavy atom. The smallest absolute Gasteiger partial charge is 0.350 e. The molecule has 0 unspecified atom stereocenters. The van der Waals surface area contributed by atoms with Crippen molar-refractivity contribution in [3.05, 3.63) is 35.5 Å². The van der Waals surface area contributed by atoms with Gasteiger partial charge in [-0.25, -0.2) is 9.59 Å². The number of anilines is 1. The first-order chi connectivity index (χ1) is 10.2. The molecule has 0 saturated carbocycles. The van der Waals surface area contributed by atoms with E-state index in [9.17, 15) is 19.5 Å². The molecular formula is C15H15NO6. The molecule has 116 valence electrons. The number of phenolic OH excluding ortho intramolecular Hbond substituents is 1. The molecule has 1 saturated heterocycles. The van der Waals surface area contributed by atoms with Crippen LogP contribution in [0.25, 0.3) is 0 Å². The summed E-state index contributed by atoms with van der Waals surface area (Å²) in [5.74, 6) is -3.31. The van der Waals surface area contributed by atoms with Gasteiger partial charge in [-0.2, -0.15) is 0 Å². The van der Waals surface area contributed by atoms with Gasteiger partial charge in [0.2, 0.25) is 0 Å². The zero-order chi connectivity index (χ0) is 16.5. The quantitative estimate of drug-likeness (QED) is 0.288. The fraction of sp³-hybridized carbons (Fsp3) is 0.267. The van der Waals surface area contributed by atoms with Crippen LogP contribution in [0.1, 0.15) is 31.1 Å². The SMILES string of the molecule is CC(=O)c1cc(O)ccc1NC=C1C(=O)OC(C)(C)OC1=O. The standard InChI is InChI=1S/C15H15NO6/c1-8(17)10-6-9(18)4-5-12(10)16-7-11-13(19)21-15(2,3)22-14(11)20/h4-7,16,18H,1-3H3. The second-order valence-corrected chi connectivity index (χ2v) is 5.17. The number of carbonyl (C=O) groups is 3. The van der Waals surface area contributed by atoms with E-state index in [1.807, 2.05) is 0 Å². The molecule has 0 radical (unpaired) electrons. The molecule has 1 aromatic rings. The van der Waals surface area contributed by atoms with E-state index < -0.39 is 17.7 Å². The van der Waals surface area contributed by atoms with Gasteiger partial charge in [0, 0.05) is 31.3 Å². The maximum absolute atomic E-state index is 11.8. The molecule has 0 aliphatic carbocycles. The number of cyclic esters (lactones) is 2. The number of ketones is 1. The highest BCUT2D eigenvalue weighted by molar-refractivity contribution is 6.15. The number of rotatable bonds is 3. The number of hydrogen-bond acceptors (Lipinski definition) is 7. The van der Waals surface area contributed by atoms with E-state index in [4.69, 9.17) is 9.47 Å². The molecule has 1 fully saturated rings. The molecule has 0 atom stereocenters. The lowest BCUT2D eigenvalue weighted by atomic mass is 10.1. The summed E-state index contributed by atoms with van der Waals surface area (Å²) in [6.45, 7) is 4.22. The van der Waals surface area contributed by atoms with Crippen LogP contribution in [0, 0.1) is 0 Å². The van der Waals surface area contributed by atoms with E-state index in [1.54, 1.807) is 0 Å². The molecule has 0 amide bonds. The van der Waals surface area contributed by atoms with Gasteiger partial charge in [-0.3, -0.25) is 4.79 Å².